The molecular weight excluding hydrogens is 105 g/mol. The molecule has 8 heavy (non-hydrogen) atoms. The van der Waals surface area contributed by atoms with E-state index in [-0.39, 0.29) is 0 Å². The molecule has 1 nitrogen and oxygen atoms in total. The number of halogens is 1. The SMILES string of the molecule is FC1CC2(C[NH2+]C2)C1. The molecule has 1 aliphatic carbocycles. The molecule has 2 fully saturated rings. The lowest BCUT2D eigenvalue weighted by molar-refractivity contribution is -0.748. The van der Waals surface area contributed by atoms with Crippen molar-refractivity contribution in [3.05, 3.63) is 0 Å². The molecule has 2 heteroatoms. The Morgan fingerprint density at radius 3 is 2.12 bits per heavy atom. The Morgan fingerprint density at radius 1 is 1.38 bits per heavy atom. The Morgan fingerprint density at radius 2 is 2.00 bits per heavy atom. The van der Waals surface area contributed by atoms with E-state index < -0.39 is 6.17 Å². The second-order valence-electron chi connectivity index (χ2n) is 3.20. The van der Waals surface area contributed by atoms with Crippen molar-refractivity contribution in [3.8, 4) is 0 Å². The molecule has 0 bridgehead atoms. The highest BCUT2D eigenvalue weighted by molar-refractivity contribution is 4.95. The molecule has 2 aliphatic rings. The van der Waals surface area contributed by atoms with Crippen molar-refractivity contribution >= 4 is 0 Å². The fraction of sp³-hybridized carbons (Fsp3) is 1.00. The lowest BCUT2D eigenvalue weighted by Crippen LogP contribution is -3.01. The van der Waals surface area contributed by atoms with Gasteiger partial charge in [-0.3, -0.25) is 0 Å². The molecule has 1 saturated carbocycles. The third-order valence-electron chi connectivity index (χ3n) is 2.46. The van der Waals surface area contributed by atoms with Crippen molar-refractivity contribution in [3.63, 3.8) is 0 Å². The minimum atomic E-state index is -0.455. The van der Waals surface area contributed by atoms with Gasteiger partial charge in [0.25, 0.3) is 0 Å². The molecule has 0 radical (unpaired) electrons. The molecule has 2 rings (SSSR count). The number of hydrogen-bond acceptors (Lipinski definition) is 0. The Hall–Kier alpha value is -0.110. The highest BCUT2D eigenvalue weighted by atomic mass is 19.1. The maximum atomic E-state index is 12.2. The Kier molecular flexibility index (Phi) is 0.734. The van der Waals surface area contributed by atoms with Crippen LogP contribution in [0.3, 0.4) is 0 Å². The minimum absolute atomic E-state index is 0.455. The van der Waals surface area contributed by atoms with Crippen molar-refractivity contribution in [2.24, 2.45) is 5.41 Å². The zero-order chi connectivity index (χ0) is 5.61. The van der Waals surface area contributed by atoms with Gasteiger partial charge >= 0.3 is 0 Å². The second kappa shape index (κ2) is 1.24. The molecule has 2 N–H and O–H groups in total. The quantitative estimate of drug-likeness (QED) is 0.447. The van der Waals surface area contributed by atoms with E-state index in [1.807, 2.05) is 0 Å². The lowest BCUT2D eigenvalue weighted by Gasteiger charge is -2.47. The first kappa shape index (κ1) is 4.74. The highest BCUT2D eigenvalue weighted by Crippen LogP contribution is 2.42. The van der Waals surface area contributed by atoms with Gasteiger partial charge in [-0.25, -0.2) is 4.39 Å². The van der Waals surface area contributed by atoms with Crippen LogP contribution in [-0.4, -0.2) is 19.3 Å². The molecule has 0 aromatic rings. The van der Waals surface area contributed by atoms with E-state index in [2.05, 4.69) is 5.32 Å². The molecule has 1 aliphatic heterocycles. The second-order valence-corrected chi connectivity index (χ2v) is 3.20. The maximum Gasteiger partial charge on any atom is 0.102 e. The summed E-state index contributed by atoms with van der Waals surface area (Å²) in [7, 11) is 0. The van der Waals surface area contributed by atoms with Crippen LogP contribution < -0.4 is 5.32 Å². The number of alkyl halides is 1. The standard InChI is InChI=1S/C6H10FN/c7-5-1-6(2-5)3-8-4-6/h5,8H,1-4H2/p+1. The molecule has 0 aromatic heterocycles. The number of rotatable bonds is 0. The Bertz CT molecular complexity index is 101. The van der Waals surface area contributed by atoms with Crippen molar-refractivity contribution in [2.75, 3.05) is 13.1 Å². The Labute approximate surface area is 48.3 Å². The summed E-state index contributed by atoms with van der Waals surface area (Å²) < 4.78 is 12.2. The summed E-state index contributed by atoms with van der Waals surface area (Å²) in [6, 6.07) is 0. The molecular formula is C6H11FN+. The van der Waals surface area contributed by atoms with Gasteiger partial charge in [0, 0.05) is 0 Å². The predicted octanol–water partition coefficient (Wildman–Crippen LogP) is -0.318. The molecule has 0 aromatic carbocycles. The zero-order valence-electron chi connectivity index (χ0n) is 4.86. The normalized spacial score (nSPS) is 34.1. The molecule has 0 amide bonds. The van der Waals surface area contributed by atoms with E-state index in [1.54, 1.807) is 0 Å². The van der Waals surface area contributed by atoms with Gasteiger partial charge in [0.1, 0.15) is 6.17 Å². The van der Waals surface area contributed by atoms with Crippen molar-refractivity contribution in [1.82, 2.24) is 0 Å². The van der Waals surface area contributed by atoms with Gasteiger partial charge in [-0.15, -0.1) is 0 Å². The van der Waals surface area contributed by atoms with E-state index in [0.29, 0.717) is 5.41 Å². The van der Waals surface area contributed by atoms with Crippen LogP contribution in [0.4, 0.5) is 4.39 Å². The summed E-state index contributed by atoms with van der Waals surface area (Å²) in [5, 5.41) is 2.26. The van der Waals surface area contributed by atoms with Gasteiger partial charge in [0.15, 0.2) is 0 Å². The molecule has 0 atom stereocenters. The fourth-order valence-corrected chi connectivity index (χ4v) is 1.77. The van der Waals surface area contributed by atoms with E-state index in [4.69, 9.17) is 0 Å². The van der Waals surface area contributed by atoms with Gasteiger partial charge < -0.3 is 5.32 Å². The summed E-state index contributed by atoms with van der Waals surface area (Å²) in [5.74, 6) is 0. The summed E-state index contributed by atoms with van der Waals surface area (Å²) in [5.41, 5.74) is 0.486. The average molecular weight is 116 g/mol. The number of hydrogen-bond donors (Lipinski definition) is 1. The summed E-state index contributed by atoms with van der Waals surface area (Å²) in [6.07, 6.45) is 1.25. The van der Waals surface area contributed by atoms with Crippen LogP contribution in [0.1, 0.15) is 12.8 Å². The topological polar surface area (TPSA) is 16.6 Å². The first-order chi connectivity index (χ1) is 3.81. The number of nitrogens with two attached hydrogens (primary N) is 1. The smallest absolute Gasteiger partial charge is 0.102 e. The van der Waals surface area contributed by atoms with Crippen LogP contribution in [-0.2, 0) is 0 Å². The van der Waals surface area contributed by atoms with Crippen LogP contribution in [0, 0.1) is 5.41 Å². The van der Waals surface area contributed by atoms with Crippen LogP contribution in [0.5, 0.6) is 0 Å². The van der Waals surface area contributed by atoms with Gasteiger partial charge in [-0.05, 0) is 12.8 Å². The molecule has 0 unspecified atom stereocenters. The van der Waals surface area contributed by atoms with E-state index in [1.165, 1.54) is 13.1 Å². The average Bonchev–Trinajstić information content (AvgIpc) is 1.51. The third-order valence-corrected chi connectivity index (χ3v) is 2.46. The highest BCUT2D eigenvalue weighted by Gasteiger charge is 2.52. The maximum absolute atomic E-state index is 12.2. The van der Waals surface area contributed by atoms with Crippen molar-refractivity contribution in [1.29, 1.82) is 0 Å². The first-order valence-corrected chi connectivity index (χ1v) is 3.27. The monoisotopic (exact) mass is 116 g/mol. The van der Waals surface area contributed by atoms with Crippen molar-refractivity contribution < 1.29 is 9.71 Å². The minimum Gasteiger partial charge on any atom is -0.345 e. The van der Waals surface area contributed by atoms with E-state index >= 15 is 0 Å². The first-order valence-electron chi connectivity index (χ1n) is 3.27. The van der Waals surface area contributed by atoms with Crippen molar-refractivity contribution in [2.45, 2.75) is 19.0 Å². The van der Waals surface area contributed by atoms with Gasteiger partial charge in [0.05, 0.1) is 18.5 Å². The fourth-order valence-electron chi connectivity index (χ4n) is 1.77. The van der Waals surface area contributed by atoms with Crippen LogP contribution in [0.2, 0.25) is 0 Å². The van der Waals surface area contributed by atoms with Gasteiger partial charge in [0.2, 0.25) is 0 Å². The van der Waals surface area contributed by atoms with E-state index in [0.717, 1.165) is 12.8 Å². The lowest BCUT2D eigenvalue weighted by atomic mass is 9.63. The van der Waals surface area contributed by atoms with Crippen LogP contribution in [0.15, 0.2) is 0 Å². The Balaban J connectivity index is 1.92. The van der Waals surface area contributed by atoms with Crippen LogP contribution >= 0.6 is 0 Å². The summed E-state index contributed by atoms with van der Waals surface area (Å²) in [6.45, 7) is 2.38. The predicted molar refractivity (Wildman–Crippen MR) is 28.2 cm³/mol. The van der Waals surface area contributed by atoms with Gasteiger partial charge in [-0.2, -0.15) is 0 Å². The van der Waals surface area contributed by atoms with Gasteiger partial charge in [-0.1, -0.05) is 0 Å². The van der Waals surface area contributed by atoms with E-state index in [9.17, 15) is 4.39 Å². The zero-order valence-corrected chi connectivity index (χ0v) is 4.86. The molecule has 1 saturated heterocycles. The number of quaternary nitrogens is 1. The molecule has 46 valence electrons. The summed E-state index contributed by atoms with van der Waals surface area (Å²) >= 11 is 0. The summed E-state index contributed by atoms with van der Waals surface area (Å²) in [4.78, 5) is 0. The molecule has 1 spiro atoms. The van der Waals surface area contributed by atoms with Crippen LogP contribution in [0.25, 0.3) is 0 Å². The third kappa shape index (κ3) is 0.440. The largest absolute Gasteiger partial charge is 0.345 e. The molecule has 1 heterocycles.